The van der Waals surface area contributed by atoms with E-state index >= 15 is 0 Å². The van der Waals surface area contributed by atoms with Crippen LogP contribution < -0.4 is 4.74 Å². The predicted molar refractivity (Wildman–Crippen MR) is 116 cm³/mol. The summed E-state index contributed by atoms with van der Waals surface area (Å²) in [5.41, 5.74) is 2.83. The molecule has 0 saturated carbocycles. The first-order valence-corrected chi connectivity index (χ1v) is 11.1. The maximum absolute atomic E-state index is 13.9. The maximum atomic E-state index is 13.9. The number of ether oxygens (including phenoxy) is 1. The van der Waals surface area contributed by atoms with Crippen LogP contribution in [0, 0.1) is 13.8 Å². The number of methoxy groups -OCH3 is 1. The minimum absolute atomic E-state index is 0.0725. The highest BCUT2D eigenvalue weighted by Gasteiger charge is 2.34. The van der Waals surface area contributed by atoms with Crippen molar-refractivity contribution in [1.29, 1.82) is 0 Å². The summed E-state index contributed by atoms with van der Waals surface area (Å²) in [7, 11) is -2.19. The van der Waals surface area contributed by atoms with Crippen molar-refractivity contribution < 1.29 is 23.5 Å². The molecular formula is C22H30NO5P. The Balaban J connectivity index is 2.73. The van der Waals surface area contributed by atoms with Gasteiger partial charge in [0.25, 0.3) is 0 Å². The standard InChI is InChI=1S/C22H30NO5P/c1-14(2)27-29(25,28-15(3)4)21(19-9-8-17(6)23-13-19)12-18-10-16(5)22(24)20(11-18)26-7/h8-15,24H,1-7H3/b21-12+. The summed E-state index contributed by atoms with van der Waals surface area (Å²) in [4.78, 5) is 4.34. The van der Waals surface area contributed by atoms with Crippen LogP contribution in [0.25, 0.3) is 11.4 Å². The van der Waals surface area contributed by atoms with E-state index in [-0.39, 0.29) is 18.0 Å². The third kappa shape index (κ3) is 5.92. The number of hydrogen-bond acceptors (Lipinski definition) is 6. The molecule has 158 valence electrons. The maximum Gasteiger partial charge on any atom is 0.362 e. The van der Waals surface area contributed by atoms with Crippen LogP contribution in [0.2, 0.25) is 0 Å². The van der Waals surface area contributed by atoms with Gasteiger partial charge in [-0.1, -0.05) is 6.07 Å². The number of aromatic nitrogens is 1. The Hall–Kier alpha value is -2.14. The fourth-order valence-electron chi connectivity index (χ4n) is 2.80. The highest BCUT2D eigenvalue weighted by Crippen LogP contribution is 2.62. The minimum Gasteiger partial charge on any atom is -0.504 e. The second-order valence-electron chi connectivity index (χ2n) is 7.41. The summed E-state index contributed by atoms with van der Waals surface area (Å²) >= 11 is 0. The molecule has 2 rings (SSSR count). The number of phenols is 1. The van der Waals surface area contributed by atoms with Crippen molar-refractivity contribution >= 4 is 19.0 Å². The van der Waals surface area contributed by atoms with Crippen LogP contribution in [-0.4, -0.2) is 29.4 Å². The van der Waals surface area contributed by atoms with Crippen LogP contribution in [0.4, 0.5) is 0 Å². The van der Waals surface area contributed by atoms with E-state index in [1.165, 1.54) is 7.11 Å². The predicted octanol–water partition coefficient (Wildman–Crippen LogP) is 5.95. The molecule has 0 aliphatic carbocycles. The van der Waals surface area contributed by atoms with E-state index < -0.39 is 7.60 Å². The van der Waals surface area contributed by atoms with Crippen molar-refractivity contribution in [2.75, 3.05) is 7.11 Å². The van der Waals surface area contributed by atoms with E-state index in [0.29, 0.717) is 27.8 Å². The van der Waals surface area contributed by atoms with Gasteiger partial charge in [-0.25, -0.2) is 0 Å². The molecule has 1 N–H and O–H groups in total. The highest BCUT2D eigenvalue weighted by atomic mass is 31.2. The molecule has 0 aliphatic heterocycles. The van der Waals surface area contributed by atoms with Crippen molar-refractivity contribution in [2.24, 2.45) is 0 Å². The number of phenolic OH excluding ortho intramolecular Hbond substituents is 1. The lowest BCUT2D eigenvalue weighted by atomic mass is 10.1. The third-order valence-corrected chi connectivity index (χ3v) is 6.39. The number of rotatable bonds is 8. The summed E-state index contributed by atoms with van der Waals surface area (Å²) in [6.45, 7) is 10.9. The van der Waals surface area contributed by atoms with Gasteiger partial charge in [-0.15, -0.1) is 0 Å². The van der Waals surface area contributed by atoms with Gasteiger partial charge in [0.05, 0.1) is 24.6 Å². The first-order chi connectivity index (χ1) is 13.6. The van der Waals surface area contributed by atoms with Gasteiger partial charge in [-0.2, -0.15) is 0 Å². The average Bonchev–Trinajstić information content (AvgIpc) is 2.61. The lowest BCUT2D eigenvalue weighted by Gasteiger charge is -2.25. The smallest absolute Gasteiger partial charge is 0.362 e. The molecule has 0 atom stereocenters. The van der Waals surface area contributed by atoms with Crippen LogP contribution in [0.3, 0.4) is 0 Å². The number of aromatic hydroxyl groups is 1. The molecule has 29 heavy (non-hydrogen) atoms. The van der Waals surface area contributed by atoms with Gasteiger partial charge in [0.1, 0.15) is 0 Å². The van der Waals surface area contributed by atoms with Crippen molar-refractivity contribution in [2.45, 2.75) is 53.8 Å². The van der Waals surface area contributed by atoms with E-state index in [9.17, 15) is 9.67 Å². The van der Waals surface area contributed by atoms with Gasteiger partial charge in [0.2, 0.25) is 0 Å². The molecule has 0 bridgehead atoms. The molecule has 0 radical (unpaired) electrons. The van der Waals surface area contributed by atoms with Gasteiger partial charge in [-0.3, -0.25) is 9.55 Å². The molecule has 1 aromatic heterocycles. The number of nitrogens with zero attached hydrogens (tertiary/aromatic N) is 1. The Morgan fingerprint density at radius 3 is 2.21 bits per heavy atom. The lowest BCUT2D eigenvalue weighted by molar-refractivity contribution is 0.151. The van der Waals surface area contributed by atoms with E-state index in [2.05, 4.69) is 4.98 Å². The van der Waals surface area contributed by atoms with Crippen LogP contribution in [0.5, 0.6) is 11.5 Å². The quantitative estimate of drug-likeness (QED) is 0.533. The lowest BCUT2D eigenvalue weighted by Crippen LogP contribution is -2.09. The van der Waals surface area contributed by atoms with Crippen LogP contribution in [-0.2, 0) is 13.6 Å². The summed E-state index contributed by atoms with van der Waals surface area (Å²) < 4.78 is 30.8. The first kappa shape index (κ1) is 23.1. The van der Waals surface area contributed by atoms with Gasteiger partial charge < -0.3 is 18.9 Å². The molecular weight excluding hydrogens is 389 g/mol. The Morgan fingerprint density at radius 1 is 1.10 bits per heavy atom. The zero-order valence-electron chi connectivity index (χ0n) is 18.1. The normalized spacial score (nSPS) is 12.7. The van der Waals surface area contributed by atoms with Crippen molar-refractivity contribution in [1.82, 2.24) is 4.98 Å². The molecule has 0 saturated heterocycles. The monoisotopic (exact) mass is 419 g/mol. The summed E-state index contributed by atoms with van der Waals surface area (Å²) in [6.07, 6.45) is 2.79. The van der Waals surface area contributed by atoms with Gasteiger partial charge in [-0.05, 0) is 76.9 Å². The molecule has 6 nitrogen and oxygen atoms in total. The molecule has 1 heterocycles. The van der Waals surface area contributed by atoms with Crippen molar-refractivity contribution in [3.63, 3.8) is 0 Å². The zero-order valence-corrected chi connectivity index (χ0v) is 19.0. The van der Waals surface area contributed by atoms with Crippen LogP contribution in [0.1, 0.15) is 50.1 Å². The molecule has 0 spiro atoms. The second kappa shape index (κ2) is 9.57. The SMILES string of the molecule is COc1cc(/C=C(\c2ccc(C)nc2)P(=O)(OC(C)C)OC(C)C)cc(C)c1O. The highest BCUT2D eigenvalue weighted by molar-refractivity contribution is 7.65. The van der Waals surface area contributed by atoms with Gasteiger partial charge in [0, 0.05) is 17.5 Å². The molecule has 1 aromatic carbocycles. The largest absolute Gasteiger partial charge is 0.504 e. The summed E-state index contributed by atoms with van der Waals surface area (Å²) in [5.74, 6) is 0.408. The molecule has 7 heteroatoms. The van der Waals surface area contributed by atoms with E-state index in [4.69, 9.17) is 13.8 Å². The molecule has 0 aliphatic rings. The van der Waals surface area contributed by atoms with Crippen LogP contribution in [0.15, 0.2) is 30.5 Å². The molecule has 0 unspecified atom stereocenters. The first-order valence-electron chi connectivity index (χ1n) is 9.55. The number of benzene rings is 1. The summed E-state index contributed by atoms with van der Waals surface area (Å²) in [6, 6.07) is 7.16. The minimum atomic E-state index is -3.68. The van der Waals surface area contributed by atoms with E-state index in [1.54, 1.807) is 31.3 Å². The van der Waals surface area contributed by atoms with Gasteiger partial charge in [0.15, 0.2) is 11.5 Å². The van der Waals surface area contributed by atoms with Gasteiger partial charge >= 0.3 is 7.60 Å². The number of hydrogen-bond donors (Lipinski definition) is 1. The Kier molecular flexibility index (Phi) is 7.64. The fourth-order valence-corrected chi connectivity index (χ4v) is 4.95. The van der Waals surface area contributed by atoms with Crippen molar-refractivity contribution in [3.8, 4) is 11.5 Å². The van der Waals surface area contributed by atoms with E-state index in [1.807, 2.05) is 46.8 Å². The summed E-state index contributed by atoms with van der Waals surface area (Å²) in [5, 5.41) is 10.5. The molecule has 0 fully saturated rings. The topological polar surface area (TPSA) is 77.9 Å². The Bertz CT molecular complexity index is 906. The fraction of sp³-hybridized carbons (Fsp3) is 0.409. The van der Waals surface area contributed by atoms with Crippen molar-refractivity contribution in [3.05, 3.63) is 52.8 Å². The third-order valence-electron chi connectivity index (χ3n) is 4.01. The number of pyridine rings is 1. The Morgan fingerprint density at radius 2 is 1.72 bits per heavy atom. The number of aryl methyl sites for hydroxylation is 2. The van der Waals surface area contributed by atoms with E-state index in [0.717, 1.165) is 5.69 Å². The zero-order chi connectivity index (χ0) is 21.8. The molecule has 0 amide bonds. The Labute approximate surface area is 173 Å². The van der Waals surface area contributed by atoms with Crippen LogP contribution >= 0.6 is 7.60 Å². The average molecular weight is 419 g/mol. The second-order valence-corrected chi connectivity index (χ2v) is 9.31. The molecule has 2 aromatic rings.